The first-order valence-corrected chi connectivity index (χ1v) is 10.2. The number of nitrogens with zero attached hydrogens (tertiary/aromatic N) is 1. The molecule has 1 amide bonds. The summed E-state index contributed by atoms with van der Waals surface area (Å²) in [5.74, 6) is 1.71. The van der Waals surface area contributed by atoms with Crippen molar-refractivity contribution in [2.75, 3.05) is 26.2 Å². The minimum atomic E-state index is -0.140. The normalized spacial score (nSPS) is 11.9. The lowest BCUT2D eigenvalue weighted by Gasteiger charge is -2.20. The maximum atomic E-state index is 13.3. The number of methoxy groups -OCH3 is 2. The first-order chi connectivity index (χ1) is 13.9. The summed E-state index contributed by atoms with van der Waals surface area (Å²) in [5.41, 5.74) is 3.78. The highest BCUT2D eigenvalue weighted by molar-refractivity contribution is 7.17. The first kappa shape index (κ1) is 19.6. The molecule has 0 atom stereocenters. The third-order valence-electron chi connectivity index (χ3n) is 4.98. The maximum Gasteiger partial charge on any atom is 0.268 e. The minimum absolute atomic E-state index is 0.140. The molecule has 0 saturated heterocycles. The first-order valence-electron chi connectivity index (χ1n) is 8.99. The van der Waals surface area contributed by atoms with Gasteiger partial charge in [-0.25, -0.2) is 0 Å². The van der Waals surface area contributed by atoms with E-state index in [1.165, 1.54) is 18.4 Å². The average molecular weight is 430 g/mol. The number of benzene rings is 2. The molecule has 4 rings (SSSR count). The van der Waals surface area contributed by atoms with Crippen LogP contribution in [0.5, 0.6) is 17.2 Å². The van der Waals surface area contributed by atoms with Crippen molar-refractivity contribution in [3.63, 3.8) is 0 Å². The van der Waals surface area contributed by atoms with Gasteiger partial charge in [-0.05, 0) is 30.7 Å². The van der Waals surface area contributed by atoms with E-state index in [1.54, 1.807) is 31.2 Å². The third-order valence-corrected chi connectivity index (χ3v) is 6.46. The molecule has 0 fully saturated rings. The number of hydrogen-bond donors (Lipinski definition) is 0. The standard InChI is InChI=1S/C22H20ClNO4S/c1-12-6-5-7-16-20(12)21-13(11-28-16)8-19(29-21)22(25)24(2)15-9-14(23)17(26-3)10-18(15)27-4/h5-10H,11H2,1-4H3. The van der Waals surface area contributed by atoms with E-state index in [-0.39, 0.29) is 5.91 Å². The van der Waals surface area contributed by atoms with Crippen molar-refractivity contribution in [2.45, 2.75) is 13.5 Å². The van der Waals surface area contributed by atoms with Gasteiger partial charge in [-0.2, -0.15) is 0 Å². The van der Waals surface area contributed by atoms with Crippen LogP contribution >= 0.6 is 22.9 Å². The second-order valence-corrected chi connectivity index (χ2v) is 8.18. The lowest BCUT2D eigenvalue weighted by Crippen LogP contribution is -2.26. The predicted molar refractivity (Wildman–Crippen MR) is 116 cm³/mol. The van der Waals surface area contributed by atoms with Crippen molar-refractivity contribution >= 4 is 34.5 Å². The zero-order valence-electron chi connectivity index (χ0n) is 16.5. The number of aryl methyl sites for hydroxylation is 1. The Labute approximate surface area is 178 Å². The summed E-state index contributed by atoms with van der Waals surface area (Å²) < 4.78 is 16.6. The number of thiophene rings is 1. The van der Waals surface area contributed by atoms with Crippen molar-refractivity contribution in [3.05, 3.63) is 57.4 Å². The fourth-order valence-corrected chi connectivity index (χ4v) is 4.93. The smallest absolute Gasteiger partial charge is 0.268 e. The molecule has 0 saturated carbocycles. The topological polar surface area (TPSA) is 48.0 Å². The molecule has 29 heavy (non-hydrogen) atoms. The number of anilines is 1. The van der Waals surface area contributed by atoms with Gasteiger partial charge in [-0.1, -0.05) is 23.7 Å². The number of fused-ring (bicyclic) bond motifs is 3. The molecule has 0 aliphatic carbocycles. The number of carbonyl (C=O) groups is 1. The number of ether oxygens (including phenoxy) is 3. The number of halogens is 1. The lowest BCUT2D eigenvalue weighted by molar-refractivity contribution is 0.0996. The molecule has 5 nitrogen and oxygen atoms in total. The molecule has 0 bridgehead atoms. The highest BCUT2D eigenvalue weighted by atomic mass is 35.5. The Hall–Kier alpha value is -2.70. The Balaban J connectivity index is 1.72. The van der Waals surface area contributed by atoms with Crippen LogP contribution in [0.3, 0.4) is 0 Å². The van der Waals surface area contributed by atoms with E-state index in [0.717, 1.165) is 27.3 Å². The molecule has 0 unspecified atom stereocenters. The van der Waals surface area contributed by atoms with Crippen LogP contribution in [0.4, 0.5) is 5.69 Å². The monoisotopic (exact) mass is 429 g/mol. The molecule has 150 valence electrons. The van der Waals surface area contributed by atoms with Crippen LogP contribution < -0.4 is 19.1 Å². The summed E-state index contributed by atoms with van der Waals surface area (Å²) in [6, 6.07) is 11.2. The van der Waals surface area contributed by atoms with E-state index < -0.39 is 0 Å². The molecule has 1 aliphatic heterocycles. The number of amides is 1. The highest BCUT2D eigenvalue weighted by Gasteiger charge is 2.26. The molecule has 1 aromatic heterocycles. The zero-order chi connectivity index (χ0) is 20.7. The van der Waals surface area contributed by atoms with E-state index in [0.29, 0.717) is 33.7 Å². The summed E-state index contributed by atoms with van der Waals surface area (Å²) in [4.78, 5) is 16.5. The zero-order valence-corrected chi connectivity index (χ0v) is 18.1. The van der Waals surface area contributed by atoms with Gasteiger partial charge in [0.1, 0.15) is 23.9 Å². The molecule has 0 spiro atoms. The Morgan fingerprint density at radius 2 is 1.93 bits per heavy atom. The van der Waals surface area contributed by atoms with E-state index >= 15 is 0 Å². The molecular formula is C22H20ClNO4S. The van der Waals surface area contributed by atoms with Gasteiger partial charge in [0.2, 0.25) is 0 Å². The summed E-state index contributed by atoms with van der Waals surface area (Å²) in [7, 11) is 4.79. The number of carbonyl (C=O) groups excluding carboxylic acids is 1. The van der Waals surface area contributed by atoms with Crippen molar-refractivity contribution in [1.29, 1.82) is 0 Å². The Morgan fingerprint density at radius 3 is 2.66 bits per heavy atom. The van der Waals surface area contributed by atoms with Crippen LogP contribution in [0.2, 0.25) is 5.02 Å². The van der Waals surface area contributed by atoms with Gasteiger partial charge in [0, 0.05) is 29.1 Å². The summed E-state index contributed by atoms with van der Waals surface area (Å²) in [6.45, 7) is 2.51. The fourth-order valence-electron chi connectivity index (χ4n) is 3.44. The van der Waals surface area contributed by atoms with Crippen LogP contribution in [-0.2, 0) is 6.61 Å². The largest absolute Gasteiger partial charge is 0.495 e. The van der Waals surface area contributed by atoms with Crippen LogP contribution in [0.1, 0.15) is 20.8 Å². The molecule has 2 heterocycles. The average Bonchev–Trinajstić information content (AvgIpc) is 3.17. The quantitative estimate of drug-likeness (QED) is 0.544. The lowest BCUT2D eigenvalue weighted by atomic mass is 10.0. The molecule has 0 radical (unpaired) electrons. The van der Waals surface area contributed by atoms with Crippen LogP contribution in [0.15, 0.2) is 36.4 Å². The van der Waals surface area contributed by atoms with E-state index in [1.807, 2.05) is 18.2 Å². The number of hydrogen-bond acceptors (Lipinski definition) is 5. The minimum Gasteiger partial charge on any atom is -0.495 e. The highest BCUT2D eigenvalue weighted by Crippen LogP contribution is 2.45. The van der Waals surface area contributed by atoms with Gasteiger partial charge in [0.05, 0.1) is 29.8 Å². The van der Waals surface area contributed by atoms with Gasteiger partial charge < -0.3 is 19.1 Å². The molecule has 2 aromatic carbocycles. The molecule has 0 N–H and O–H groups in total. The molecule has 1 aliphatic rings. The molecule has 7 heteroatoms. The third kappa shape index (κ3) is 3.32. The van der Waals surface area contributed by atoms with Gasteiger partial charge in [0.15, 0.2) is 0 Å². The van der Waals surface area contributed by atoms with Gasteiger partial charge in [-0.15, -0.1) is 11.3 Å². The SMILES string of the molecule is COc1cc(OC)c(N(C)C(=O)c2cc3c(s2)-c2c(C)cccc2OC3)cc1Cl. The Bertz CT molecular complexity index is 1110. The molecular weight excluding hydrogens is 410 g/mol. The van der Waals surface area contributed by atoms with Crippen molar-refractivity contribution in [1.82, 2.24) is 0 Å². The van der Waals surface area contributed by atoms with Crippen LogP contribution in [-0.4, -0.2) is 27.2 Å². The second kappa shape index (κ2) is 7.61. The summed E-state index contributed by atoms with van der Waals surface area (Å²) >= 11 is 7.76. The fraction of sp³-hybridized carbons (Fsp3) is 0.227. The summed E-state index contributed by atoms with van der Waals surface area (Å²) in [6.07, 6.45) is 0. The summed E-state index contributed by atoms with van der Waals surface area (Å²) in [5, 5.41) is 0.409. The molecule has 3 aromatic rings. The van der Waals surface area contributed by atoms with Crippen molar-refractivity contribution in [2.24, 2.45) is 0 Å². The predicted octanol–water partition coefficient (Wildman–Crippen LogP) is 5.56. The Kier molecular flexibility index (Phi) is 5.15. The van der Waals surface area contributed by atoms with Crippen LogP contribution in [0.25, 0.3) is 10.4 Å². The van der Waals surface area contributed by atoms with E-state index in [4.69, 9.17) is 25.8 Å². The number of rotatable bonds is 4. The van der Waals surface area contributed by atoms with Crippen LogP contribution in [0, 0.1) is 6.92 Å². The van der Waals surface area contributed by atoms with E-state index in [2.05, 4.69) is 13.0 Å². The maximum absolute atomic E-state index is 13.3. The second-order valence-electron chi connectivity index (χ2n) is 6.72. The van der Waals surface area contributed by atoms with Crippen molar-refractivity contribution < 1.29 is 19.0 Å². The van der Waals surface area contributed by atoms with Crippen molar-refractivity contribution in [3.8, 4) is 27.7 Å². The van der Waals surface area contributed by atoms with Gasteiger partial charge >= 0.3 is 0 Å². The van der Waals surface area contributed by atoms with E-state index in [9.17, 15) is 4.79 Å². The Morgan fingerprint density at radius 1 is 1.17 bits per heavy atom. The van der Waals surface area contributed by atoms with Gasteiger partial charge in [-0.3, -0.25) is 4.79 Å². The van der Waals surface area contributed by atoms with Gasteiger partial charge in [0.25, 0.3) is 5.91 Å².